The number of aromatic nitrogens is 3. The largest absolute Gasteiger partial charge is 0.222 e. The lowest BCUT2D eigenvalue weighted by Crippen LogP contribution is -2.48. The topological polar surface area (TPSA) is 21.7 Å². The highest BCUT2D eigenvalue weighted by molar-refractivity contribution is 5.28. The van der Waals surface area contributed by atoms with Crippen LogP contribution in [0.5, 0.6) is 0 Å². The second-order valence-electron chi connectivity index (χ2n) is 5.96. The minimum absolute atomic E-state index is 0.448. The Labute approximate surface area is 122 Å². The Hall–Kier alpha value is -1.64. The van der Waals surface area contributed by atoms with Gasteiger partial charge >= 0.3 is 0 Å². The third-order valence-electron chi connectivity index (χ3n) is 3.78. The number of nitrogens with zero attached hydrogens (tertiary/aromatic N) is 3. The minimum Gasteiger partial charge on any atom is -0.150 e. The van der Waals surface area contributed by atoms with Crippen LogP contribution in [0.2, 0.25) is 0 Å². The van der Waals surface area contributed by atoms with Gasteiger partial charge in [-0.25, -0.2) is 0 Å². The van der Waals surface area contributed by atoms with E-state index in [1.165, 1.54) is 11.4 Å². The van der Waals surface area contributed by atoms with Crippen molar-refractivity contribution in [3.63, 3.8) is 0 Å². The SMILES string of the molecule is CCC(C)[n+]1c(C)c(CC(C)C)nn1-c1ccccc1. The summed E-state index contributed by atoms with van der Waals surface area (Å²) in [5, 5.41) is 4.87. The van der Waals surface area contributed by atoms with E-state index in [1.54, 1.807) is 0 Å². The molecular weight excluding hydrogens is 246 g/mol. The zero-order valence-electron chi connectivity index (χ0n) is 13.3. The van der Waals surface area contributed by atoms with Crippen molar-refractivity contribution in [1.82, 2.24) is 9.90 Å². The van der Waals surface area contributed by atoms with Crippen molar-refractivity contribution >= 4 is 0 Å². The molecule has 0 saturated heterocycles. The third-order valence-corrected chi connectivity index (χ3v) is 3.78. The minimum atomic E-state index is 0.448. The van der Waals surface area contributed by atoms with Crippen molar-refractivity contribution in [2.24, 2.45) is 5.92 Å². The Morgan fingerprint density at radius 3 is 2.35 bits per heavy atom. The van der Waals surface area contributed by atoms with Gasteiger partial charge in [-0.3, -0.25) is 0 Å². The molecule has 0 spiro atoms. The Morgan fingerprint density at radius 1 is 1.15 bits per heavy atom. The molecule has 0 aliphatic heterocycles. The van der Waals surface area contributed by atoms with E-state index in [4.69, 9.17) is 5.10 Å². The van der Waals surface area contributed by atoms with Gasteiger partial charge in [-0.2, -0.15) is 0 Å². The van der Waals surface area contributed by atoms with Gasteiger partial charge in [-0.05, 0) is 36.2 Å². The molecule has 1 unspecified atom stereocenters. The highest BCUT2D eigenvalue weighted by Crippen LogP contribution is 2.14. The van der Waals surface area contributed by atoms with Crippen molar-refractivity contribution < 1.29 is 4.68 Å². The molecule has 1 heterocycles. The van der Waals surface area contributed by atoms with E-state index in [-0.39, 0.29) is 0 Å². The van der Waals surface area contributed by atoms with Crippen LogP contribution < -0.4 is 4.68 Å². The molecule has 2 aromatic rings. The third kappa shape index (κ3) is 2.92. The van der Waals surface area contributed by atoms with Crippen LogP contribution in [0.25, 0.3) is 5.69 Å². The molecule has 0 radical (unpaired) electrons. The number of hydrogen-bond donors (Lipinski definition) is 0. The van der Waals surface area contributed by atoms with Crippen LogP contribution in [0.3, 0.4) is 0 Å². The predicted molar refractivity (Wildman–Crippen MR) is 82.0 cm³/mol. The smallest absolute Gasteiger partial charge is 0.150 e. The molecule has 0 amide bonds. The van der Waals surface area contributed by atoms with Gasteiger partial charge in [0.25, 0.3) is 0 Å². The molecule has 3 nitrogen and oxygen atoms in total. The summed E-state index contributed by atoms with van der Waals surface area (Å²) in [4.78, 5) is 2.07. The second kappa shape index (κ2) is 6.21. The number of para-hydroxylation sites is 1. The van der Waals surface area contributed by atoms with Crippen LogP contribution in [-0.2, 0) is 6.42 Å². The zero-order valence-corrected chi connectivity index (χ0v) is 13.3. The maximum atomic E-state index is 4.87. The number of benzene rings is 1. The van der Waals surface area contributed by atoms with Crippen LogP contribution in [0, 0.1) is 12.8 Å². The molecule has 0 fully saturated rings. The highest BCUT2D eigenvalue weighted by Gasteiger charge is 2.27. The Balaban J connectivity index is 2.54. The lowest BCUT2D eigenvalue weighted by Gasteiger charge is -2.09. The molecular formula is C17H26N3+. The summed E-state index contributed by atoms with van der Waals surface area (Å²) in [6, 6.07) is 10.9. The quantitative estimate of drug-likeness (QED) is 0.762. The van der Waals surface area contributed by atoms with Crippen LogP contribution in [0.1, 0.15) is 51.5 Å². The van der Waals surface area contributed by atoms with Gasteiger partial charge in [0, 0.05) is 18.4 Å². The van der Waals surface area contributed by atoms with E-state index in [1.807, 2.05) is 6.07 Å². The first-order chi connectivity index (χ1) is 9.54. The molecule has 1 aromatic carbocycles. The van der Waals surface area contributed by atoms with Gasteiger partial charge in [0.05, 0.1) is 0 Å². The van der Waals surface area contributed by atoms with E-state index in [2.05, 4.69) is 68.4 Å². The van der Waals surface area contributed by atoms with Gasteiger partial charge in [0.1, 0.15) is 11.7 Å². The fourth-order valence-corrected chi connectivity index (χ4v) is 2.52. The van der Waals surface area contributed by atoms with Crippen molar-refractivity contribution in [3.8, 4) is 5.69 Å². The normalized spacial score (nSPS) is 12.9. The van der Waals surface area contributed by atoms with Crippen LogP contribution >= 0.6 is 0 Å². The first-order valence-corrected chi connectivity index (χ1v) is 7.60. The van der Waals surface area contributed by atoms with Crippen LogP contribution in [-0.4, -0.2) is 9.90 Å². The first kappa shape index (κ1) is 14.8. The molecule has 0 aliphatic rings. The predicted octanol–water partition coefficient (Wildman–Crippen LogP) is 3.64. The summed E-state index contributed by atoms with van der Waals surface area (Å²) in [6.45, 7) is 11.2. The average molecular weight is 272 g/mol. The summed E-state index contributed by atoms with van der Waals surface area (Å²) in [5.41, 5.74) is 3.63. The molecule has 1 atom stereocenters. The van der Waals surface area contributed by atoms with Gasteiger partial charge in [-0.1, -0.05) is 39.0 Å². The maximum absolute atomic E-state index is 4.87. The lowest BCUT2D eigenvalue weighted by molar-refractivity contribution is -0.795. The molecule has 20 heavy (non-hydrogen) atoms. The Morgan fingerprint density at radius 2 is 1.80 bits per heavy atom. The summed E-state index contributed by atoms with van der Waals surface area (Å²) in [7, 11) is 0. The van der Waals surface area contributed by atoms with E-state index in [0.29, 0.717) is 12.0 Å². The first-order valence-electron chi connectivity index (χ1n) is 7.60. The molecule has 1 aromatic heterocycles. The average Bonchev–Trinajstić information content (AvgIpc) is 2.76. The van der Waals surface area contributed by atoms with Crippen molar-refractivity contribution in [1.29, 1.82) is 0 Å². The Kier molecular flexibility index (Phi) is 4.58. The van der Waals surface area contributed by atoms with Gasteiger partial charge in [-0.15, -0.1) is 4.68 Å². The van der Waals surface area contributed by atoms with Crippen molar-refractivity contribution in [2.45, 2.75) is 53.5 Å². The number of hydrogen-bond acceptors (Lipinski definition) is 1. The monoisotopic (exact) mass is 272 g/mol. The highest BCUT2D eigenvalue weighted by atomic mass is 15.6. The van der Waals surface area contributed by atoms with Gasteiger partial charge in [0.2, 0.25) is 5.69 Å². The lowest BCUT2D eigenvalue weighted by atomic mass is 10.1. The maximum Gasteiger partial charge on any atom is 0.222 e. The second-order valence-corrected chi connectivity index (χ2v) is 5.96. The van der Waals surface area contributed by atoms with E-state index >= 15 is 0 Å². The molecule has 0 N–H and O–H groups in total. The standard InChI is InChI=1S/C17H26N3/c1-6-14(4)19-15(5)17(12-13(2)3)18-20(19)16-10-8-7-9-11-16/h7-11,13-14H,6,12H2,1-5H3/q+1. The number of rotatable bonds is 5. The summed E-state index contributed by atoms with van der Waals surface area (Å²) in [5.74, 6) is 0.623. The zero-order chi connectivity index (χ0) is 14.7. The molecule has 3 heteroatoms. The summed E-state index contributed by atoms with van der Waals surface area (Å²) in [6.07, 6.45) is 2.13. The van der Waals surface area contributed by atoms with Crippen molar-refractivity contribution in [3.05, 3.63) is 41.7 Å². The molecule has 108 valence electrons. The molecule has 2 rings (SSSR count). The fraction of sp³-hybridized carbons (Fsp3) is 0.529. The molecule has 0 saturated carbocycles. The van der Waals surface area contributed by atoms with Crippen LogP contribution in [0.4, 0.5) is 0 Å². The summed E-state index contributed by atoms with van der Waals surface area (Å²) < 4.78 is 2.33. The van der Waals surface area contributed by atoms with Gasteiger partial charge < -0.3 is 0 Å². The van der Waals surface area contributed by atoms with E-state index in [9.17, 15) is 0 Å². The fourth-order valence-electron chi connectivity index (χ4n) is 2.52. The molecule has 0 aliphatic carbocycles. The Bertz CT molecular complexity index is 555. The molecule has 0 bridgehead atoms. The summed E-state index contributed by atoms with van der Waals surface area (Å²) >= 11 is 0. The van der Waals surface area contributed by atoms with E-state index < -0.39 is 0 Å². The van der Waals surface area contributed by atoms with Crippen molar-refractivity contribution in [2.75, 3.05) is 0 Å². The van der Waals surface area contributed by atoms with Gasteiger partial charge in [0.15, 0.2) is 5.69 Å². The van der Waals surface area contributed by atoms with Crippen LogP contribution in [0.15, 0.2) is 30.3 Å². The van der Waals surface area contributed by atoms with E-state index in [0.717, 1.165) is 18.5 Å².